The smallest absolute Gasteiger partial charge is 0.189 e. The highest BCUT2D eigenvalue weighted by molar-refractivity contribution is 5.60. The fourth-order valence-corrected chi connectivity index (χ4v) is 1.00. The quantitative estimate of drug-likeness (QED) is 0.509. The molecule has 0 radical (unpaired) electrons. The Morgan fingerprint density at radius 1 is 1.31 bits per heavy atom. The largest absolute Gasteiger partial charge is 0.503 e. The van der Waals surface area contributed by atoms with Crippen molar-refractivity contribution < 1.29 is 15.0 Å². The molecule has 0 atom stereocenters. The Kier molecular flexibility index (Phi) is 1.37. The molecule has 1 aromatic rings. The van der Waals surface area contributed by atoms with Gasteiger partial charge in [-0.1, -0.05) is 0 Å². The highest BCUT2D eigenvalue weighted by atomic mass is 16.3. The van der Waals surface area contributed by atoms with Crippen LogP contribution < -0.4 is 10.6 Å². The van der Waals surface area contributed by atoms with Crippen LogP contribution in [-0.2, 0) is 4.79 Å². The van der Waals surface area contributed by atoms with Crippen molar-refractivity contribution in [2.75, 3.05) is 0 Å². The maximum atomic E-state index is 10.3. The van der Waals surface area contributed by atoms with Gasteiger partial charge in [-0.2, -0.15) is 0 Å². The van der Waals surface area contributed by atoms with E-state index in [1.807, 2.05) is 0 Å². The van der Waals surface area contributed by atoms with Gasteiger partial charge in [-0.15, -0.1) is 10.2 Å². The van der Waals surface area contributed by atoms with E-state index in [0.29, 0.717) is 0 Å². The predicted molar refractivity (Wildman–Crippen MR) is 39.9 cm³/mol. The van der Waals surface area contributed by atoms with Crippen LogP contribution in [-0.4, -0.2) is 16.2 Å². The van der Waals surface area contributed by atoms with Crippen LogP contribution in [0.2, 0.25) is 0 Å². The van der Waals surface area contributed by atoms with Crippen LogP contribution in [0, 0.1) is 0 Å². The molecule has 0 bridgehead atoms. The fraction of sp³-hybridized carbons (Fsp3) is 0. The zero-order valence-corrected chi connectivity index (χ0v) is 6.22. The molecule has 0 saturated heterocycles. The Morgan fingerprint density at radius 3 is 2.77 bits per heavy atom. The highest BCUT2D eigenvalue weighted by Crippen LogP contribution is 2.20. The van der Waals surface area contributed by atoms with Crippen molar-refractivity contribution in [3.8, 4) is 11.5 Å². The number of phenolic OH excluding ortho intramolecular Hbond substituents is 2. The third kappa shape index (κ3) is 0.896. The number of fused-ring (bicyclic) bond motifs is 1. The summed E-state index contributed by atoms with van der Waals surface area (Å²) in [4.78, 5) is 10.3. The summed E-state index contributed by atoms with van der Waals surface area (Å²) in [5.74, 6) is 0.412. The number of aromatic hydroxyl groups is 2. The van der Waals surface area contributed by atoms with Gasteiger partial charge >= 0.3 is 0 Å². The summed E-state index contributed by atoms with van der Waals surface area (Å²) in [5, 5.41) is 28.6. The van der Waals surface area contributed by atoms with Crippen LogP contribution in [0.1, 0.15) is 0 Å². The first-order valence-corrected chi connectivity index (χ1v) is 3.33. The summed E-state index contributed by atoms with van der Waals surface area (Å²) in [5.41, 5.74) is 0.244. The van der Waals surface area contributed by atoms with Crippen LogP contribution >= 0.6 is 0 Å². The average Bonchev–Trinajstić information content (AvgIpc) is 2.59. The molecule has 64 valence electrons. The number of nitrogens with zero attached hydrogens (tertiary/aromatic N) is 3. The molecule has 0 saturated carbocycles. The zero-order valence-electron chi connectivity index (χ0n) is 6.22. The Balaban J connectivity index is 3.03. The average molecular weight is 177 g/mol. The van der Waals surface area contributed by atoms with E-state index in [4.69, 9.17) is 0 Å². The molecular weight excluding hydrogens is 174 g/mol. The minimum Gasteiger partial charge on any atom is -0.503 e. The lowest BCUT2D eigenvalue weighted by atomic mass is 10.2. The molecule has 13 heavy (non-hydrogen) atoms. The van der Waals surface area contributed by atoms with E-state index in [0.717, 1.165) is 0 Å². The summed E-state index contributed by atoms with van der Waals surface area (Å²) in [7, 11) is 0. The van der Waals surface area contributed by atoms with Gasteiger partial charge in [0.05, 0.1) is 0 Å². The van der Waals surface area contributed by atoms with E-state index in [9.17, 15) is 15.0 Å². The Hall–Kier alpha value is -2.20. The number of hydrogen-bond acceptors (Lipinski definition) is 6. The fourth-order valence-electron chi connectivity index (χ4n) is 1.00. The molecule has 1 aromatic carbocycles. The van der Waals surface area contributed by atoms with E-state index >= 15 is 0 Å². The van der Waals surface area contributed by atoms with Crippen molar-refractivity contribution in [1.82, 2.24) is 0 Å². The molecule has 0 fully saturated rings. The van der Waals surface area contributed by atoms with Crippen LogP contribution in [0.3, 0.4) is 0 Å². The summed E-state index contributed by atoms with van der Waals surface area (Å²) in [6, 6.07) is 1.25. The first-order chi connectivity index (χ1) is 6.24. The molecule has 0 unspecified atom stereocenters. The number of benzene rings is 1. The maximum absolute atomic E-state index is 10.3. The summed E-state index contributed by atoms with van der Waals surface area (Å²) >= 11 is 0. The maximum Gasteiger partial charge on any atom is 0.189 e. The lowest BCUT2D eigenvalue weighted by Gasteiger charge is -1.95. The molecular formula is C7H3N3O3. The second kappa shape index (κ2) is 2.40. The number of carbonyl (C=O) groups excluding carboxylic acids is 1. The van der Waals surface area contributed by atoms with Crippen molar-refractivity contribution >= 4 is 11.6 Å². The van der Waals surface area contributed by atoms with Gasteiger partial charge in [0, 0.05) is 0 Å². The molecule has 2 rings (SSSR count). The van der Waals surface area contributed by atoms with E-state index < -0.39 is 11.5 Å². The van der Waals surface area contributed by atoms with E-state index in [1.54, 1.807) is 0 Å². The first-order valence-electron chi connectivity index (χ1n) is 3.33. The van der Waals surface area contributed by atoms with Gasteiger partial charge < -0.3 is 10.2 Å². The number of hydrogen-bond donors (Lipinski definition) is 2. The highest BCUT2D eigenvalue weighted by Gasteiger charge is 2.12. The van der Waals surface area contributed by atoms with Gasteiger partial charge in [-0.3, -0.25) is 0 Å². The van der Waals surface area contributed by atoms with E-state index in [2.05, 4.69) is 15.4 Å². The monoisotopic (exact) mass is 177 g/mol. The van der Waals surface area contributed by atoms with Crippen molar-refractivity contribution in [3.05, 3.63) is 16.6 Å². The molecule has 2 N–H and O–H groups in total. The van der Waals surface area contributed by atoms with Crippen LogP contribution in [0.15, 0.2) is 21.5 Å². The van der Waals surface area contributed by atoms with Gasteiger partial charge in [0.25, 0.3) is 0 Å². The van der Waals surface area contributed by atoms with E-state index in [-0.39, 0.29) is 16.3 Å². The second-order valence-corrected chi connectivity index (χ2v) is 2.38. The molecule has 1 heterocycles. The standard InChI is InChI=1S/C7H3N3O3/c11-2-3-1-4-5(9-10-8-4)7(13)6(3)12/h1,12-13H. The summed E-state index contributed by atoms with van der Waals surface area (Å²) in [6.07, 6.45) is 0. The molecule has 0 amide bonds. The molecule has 6 heteroatoms. The SMILES string of the molecule is O=C=c1cc2c(c(O)c1O)=NN=N2. The minimum absolute atomic E-state index is 0.0662. The van der Waals surface area contributed by atoms with Crippen LogP contribution in [0.25, 0.3) is 0 Å². The summed E-state index contributed by atoms with van der Waals surface area (Å²) in [6.45, 7) is 0. The Morgan fingerprint density at radius 2 is 2.08 bits per heavy atom. The van der Waals surface area contributed by atoms with Gasteiger partial charge in [-0.25, -0.2) is 4.79 Å². The second-order valence-electron chi connectivity index (χ2n) is 2.38. The number of rotatable bonds is 0. The predicted octanol–water partition coefficient (Wildman–Crippen LogP) is -0.767. The molecule has 0 aliphatic carbocycles. The molecule has 0 aromatic heterocycles. The summed E-state index contributed by atoms with van der Waals surface area (Å²) < 4.78 is 0. The number of phenols is 2. The van der Waals surface area contributed by atoms with Gasteiger partial charge in [0.1, 0.15) is 16.8 Å². The molecule has 0 spiro atoms. The van der Waals surface area contributed by atoms with Crippen molar-refractivity contribution in [1.29, 1.82) is 0 Å². The molecule has 6 nitrogen and oxygen atoms in total. The lowest BCUT2D eigenvalue weighted by molar-refractivity contribution is 0.396. The molecule has 1 aliphatic heterocycles. The third-order valence-electron chi connectivity index (χ3n) is 1.63. The van der Waals surface area contributed by atoms with Gasteiger partial charge in [0.2, 0.25) is 0 Å². The first kappa shape index (κ1) is 7.45. The van der Waals surface area contributed by atoms with Crippen molar-refractivity contribution in [2.24, 2.45) is 15.4 Å². The van der Waals surface area contributed by atoms with Gasteiger partial charge in [0.15, 0.2) is 16.9 Å². The topological polar surface area (TPSA) is 94.6 Å². The van der Waals surface area contributed by atoms with Crippen molar-refractivity contribution in [3.63, 3.8) is 0 Å². The zero-order chi connectivity index (χ0) is 9.42. The van der Waals surface area contributed by atoms with Crippen LogP contribution in [0.4, 0.5) is 5.69 Å². The Bertz CT molecular complexity index is 543. The van der Waals surface area contributed by atoms with E-state index in [1.165, 1.54) is 12.0 Å². The van der Waals surface area contributed by atoms with Crippen LogP contribution in [0.5, 0.6) is 11.5 Å². The minimum atomic E-state index is -0.551. The third-order valence-corrected chi connectivity index (χ3v) is 1.63. The normalized spacial score (nSPS) is 12.0. The lowest BCUT2D eigenvalue weighted by Crippen LogP contribution is -2.10. The van der Waals surface area contributed by atoms with Crippen molar-refractivity contribution in [2.45, 2.75) is 0 Å². The molecule has 1 aliphatic rings. The Labute approximate surface area is 71.2 Å². The van der Waals surface area contributed by atoms with Gasteiger partial charge in [-0.05, 0) is 11.3 Å².